The number of aromatic nitrogens is 1. The number of non-ortho nitro benzene ring substituents is 1. The van der Waals surface area contributed by atoms with Crippen LogP contribution in [0, 0.1) is 20.4 Å². The van der Waals surface area contributed by atoms with Crippen LogP contribution in [-0.4, -0.2) is 18.8 Å². The molecule has 1 N–H and O–H groups in total. The first-order chi connectivity index (χ1) is 19.2. The van der Waals surface area contributed by atoms with Gasteiger partial charge in [0.2, 0.25) is 0 Å². The Hall–Kier alpha value is -4.21. The van der Waals surface area contributed by atoms with Gasteiger partial charge >= 0.3 is 0 Å². The molecule has 40 heavy (non-hydrogen) atoms. The number of aromatic hydroxyl groups is 1. The van der Waals surface area contributed by atoms with Gasteiger partial charge in [-0.3, -0.25) is 10.1 Å². The maximum absolute atomic E-state index is 15.3. The normalized spacial score (nSPS) is 15.2. The minimum atomic E-state index is -1.80. The molecule has 9 heteroatoms. The smallest absolute Gasteiger partial charge is 0.270 e. The number of nitro groups is 1. The predicted octanol–water partition coefficient (Wildman–Crippen LogP) is 8.09. The van der Waals surface area contributed by atoms with Gasteiger partial charge in [-0.15, -0.1) is 0 Å². The Morgan fingerprint density at radius 3 is 2.50 bits per heavy atom. The maximum atomic E-state index is 15.3. The maximum Gasteiger partial charge on any atom is 0.270 e. The molecule has 0 fully saturated rings. The highest BCUT2D eigenvalue weighted by molar-refractivity contribution is 7.85. The van der Waals surface area contributed by atoms with Crippen molar-refractivity contribution in [2.24, 2.45) is 0 Å². The lowest BCUT2D eigenvalue weighted by molar-refractivity contribution is -0.385. The Bertz CT molecular complexity index is 1780. The summed E-state index contributed by atoms with van der Waals surface area (Å²) in [6, 6.07) is 15.3. The number of nitrogens with zero attached hydrogens (tertiary/aromatic N) is 2. The van der Waals surface area contributed by atoms with Gasteiger partial charge in [-0.25, -0.2) is 8.60 Å². The fourth-order valence-corrected chi connectivity index (χ4v) is 6.23. The zero-order valence-electron chi connectivity index (χ0n) is 21.5. The summed E-state index contributed by atoms with van der Waals surface area (Å²) in [6.45, 7) is 2.58. The SMILES string of the molecule is CCn1cc(-c2cc(O)cc(S(=O)c3cccc([N+](=O)[O-])c3)c2)c(=S)c(-c2ccc(C3C=CC=CC3)c(F)c2)c1. The predicted molar refractivity (Wildman–Crippen MR) is 157 cm³/mol. The molecule has 0 spiro atoms. The third-order valence-electron chi connectivity index (χ3n) is 6.79. The third-order valence-corrected chi connectivity index (χ3v) is 8.58. The van der Waals surface area contributed by atoms with Gasteiger partial charge in [0.25, 0.3) is 5.69 Å². The molecule has 1 heterocycles. The second-order valence-corrected chi connectivity index (χ2v) is 11.3. The molecule has 0 bridgehead atoms. The molecular formula is C31H25FN2O4S2. The second-order valence-electron chi connectivity index (χ2n) is 9.38. The molecule has 0 amide bonds. The Balaban J connectivity index is 1.58. The minimum absolute atomic E-state index is 0.0217. The van der Waals surface area contributed by atoms with Crippen molar-refractivity contribution in [3.63, 3.8) is 0 Å². The van der Waals surface area contributed by atoms with Crippen molar-refractivity contribution in [2.45, 2.75) is 35.6 Å². The van der Waals surface area contributed by atoms with Crippen molar-refractivity contribution < 1.29 is 18.6 Å². The van der Waals surface area contributed by atoms with Crippen molar-refractivity contribution in [3.8, 4) is 28.0 Å². The molecule has 0 saturated heterocycles. The standard InChI is InChI=1S/C31H25FN2O4S2/c1-2-33-18-28(21-11-12-27(30(32)15-21)20-7-4-3-5-8-20)31(39)29(19-33)22-13-24(35)17-26(14-22)40(38)25-10-6-9-23(16-25)34(36)37/h3-7,9-20,35H,2,8H2,1H3. The average molecular weight is 573 g/mol. The van der Waals surface area contributed by atoms with E-state index in [9.17, 15) is 19.4 Å². The first-order valence-electron chi connectivity index (χ1n) is 12.6. The van der Waals surface area contributed by atoms with Crippen LogP contribution in [-0.2, 0) is 17.3 Å². The highest BCUT2D eigenvalue weighted by Gasteiger charge is 2.18. The summed E-state index contributed by atoms with van der Waals surface area (Å²) in [4.78, 5) is 11.1. The van der Waals surface area contributed by atoms with Crippen molar-refractivity contribution in [2.75, 3.05) is 0 Å². The van der Waals surface area contributed by atoms with Crippen LogP contribution in [0.2, 0.25) is 0 Å². The number of halogens is 1. The molecule has 0 aliphatic heterocycles. The highest BCUT2D eigenvalue weighted by Crippen LogP contribution is 2.35. The number of aryl methyl sites for hydroxylation is 1. The van der Waals surface area contributed by atoms with Gasteiger partial charge in [0.05, 0.1) is 25.1 Å². The van der Waals surface area contributed by atoms with Gasteiger partial charge in [-0.05, 0) is 60.4 Å². The van der Waals surface area contributed by atoms with Crippen LogP contribution in [0.1, 0.15) is 24.8 Å². The van der Waals surface area contributed by atoms with Gasteiger partial charge in [-0.1, -0.05) is 54.7 Å². The van der Waals surface area contributed by atoms with E-state index in [4.69, 9.17) is 12.2 Å². The fourth-order valence-electron chi connectivity index (χ4n) is 4.73. The molecule has 1 aliphatic carbocycles. The van der Waals surface area contributed by atoms with E-state index in [1.54, 1.807) is 12.1 Å². The largest absolute Gasteiger partial charge is 0.508 e. The van der Waals surface area contributed by atoms with E-state index in [1.807, 2.05) is 54.3 Å². The molecule has 1 aromatic heterocycles. The van der Waals surface area contributed by atoms with Crippen molar-refractivity contribution in [1.82, 2.24) is 4.57 Å². The quantitative estimate of drug-likeness (QED) is 0.137. The van der Waals surface area contributed by atoms with Gasteiger partial charge < -0.3 is 9.67 Å². The van der Waals surface area contributed by atoms with E-state index in [1.165, 1.54) is 42.5 Å². The molecule has 4 aromatic rings. The summed E-state index contributed by atoms with van der Waals surface area (Å²) in [5.74, 6) is -0.456. The minimum Gasteiger partial charge on any atom is -0.508 e. The van der Waals surface area contributed by atoms with Gasteiger partial charge in [-0.2, -0.15) is 0 Å². The Morgan fingerprint density at radius 2 is 1.82 bits per heavy atom. The van der Waals surface area contributed by atoms with Crippen molar-refractivity contribution in [3.05, 3.63) is 123 Å². The van der Waals surface area contributed by atoms with Crippen LogP contribution in [0.5, 0.6) is 5.75 Å². The summed E-state index contributed by atoms with van der Waals surface area (Å²) in [5.41, 5.74) is 2.86. The van der Waals surface area contributed by atoms with Crippen LogP contribution < -0.4 is 0 Å². The number of phenolic OH excluding ortho intramolecular Hbond substituents is 1. The van der Waals surface area contributed by atoms with Gasteiger partial charge in [0.15, 0.2) is 0 Å². The number of nitro benzene ring substituents is 1. The molecule has 1 aliphatic rings. The van der Waals surface area contributed by atoms with E-state index < -0.39 is 15.7 Å². The zero-order chi connectivity index (χ0) is 28.4. The number of benzene rings is 3. The number of rotatable bonds is 7. The molecule has 202 valence electrons. The summed E-state index contributed by atoms with van der Waals surface area (Å²) in [7, 11) is -1.80. The fraction of sp³-hybridized carbons (Fsp3) is 0.129. The lowest BCUT2D eigenvalue weighted by Crippen LogP contribution is -2.02. The summed E-state index contributed by atoms with van der Waals surface area (Å²) >= 11 is 5.87. The molecule has 0 saturated carbocycles. The number of allylic oxidation sites excluding steroid dienone is 4. The first kappa shape index (κ1) is 27.4. The molecular weight excluding hydrogens is 547 g/mol. The number of hydrogen-bond donors (Lipinski definition) is 1. The van der Waals surface area contributed by atoms with Crippen LogP contribution in [0.25, 0.3) is 22.3 Å². The highest BCUT2D eigenvalue weighted by atomic mass is 32.2. The molecule has 2 unspecified atom stereocenters. The van der Waals surface area contributed by atoms with Crippen molar-refractivity contribution >= 4 is 28.7 Å². The Kier molecular flexibility index (Phi) is 7.86. The zero-order valence-corrected chi connectivity index (χ0v) is 23.1. The molecule has 2 atom stereocenters. The molecule has 0 radical (unpaired) electrons. The molecule has 6 nitrogen and oxygen atoms in total. The van der Waals surface area contributed by atoms with Crippen LogP contribution in [0.4, 0.5) is 10.1 Å². The van der Waals surface area contributed by atoms with Crippen molar-refractivity contribution in [1.29, 1.82) is 0 Å². The second kappa shape index (κ2) is 11.5. The lowest BCUT2D eigenvalue weighted by atomic mass is 9.90. The van der Waals surface area contributed by atoms with E-state index in [0.29, 0.717) is 38.9 Å². The Morgan fingerprint density at radius 1 is 1.05 bits per heavy atom. The van der Waals surface area contributed by atoms with Crippen LogP contribution in [0.15, 0.2) is 107 Å². The monoisotopic (exact) mass is 572 g/mol. The third kappa shape index (κ3) is 5.57. The van der Waals surface area contributed by atoms with E-state index in [-0.39, 0.29) is 33.0 Å². The number of pyridine rings is 1. The summed E-state index contributed by atoms with van der Waals surface area (Å²) in [6.07, 6.45) is 12.3. The molecule has 5 rings (SSSR count). The number of phenols is 1. The van der Waals surface area contributed by atoms with Gasteiger partial charge in [0.1, 0.15) is 11.6 Å². The topological polar surface area (TPSA) is 85.4 Å². The van der Waals surface area contributed by atoms with Crippen LogP contribution in [0.3, 0.4) is 0 Å². The molecule has 3 aromatic carbocycles. The Labute approximate surface area is 238 Å². The van der Waals surface area contributed by atoms with Gasteiger partial charge in [0, 0.05) is 53.0 Å². The van der Waals surface area contributed by atoms with E-state index in [0.717, 1.165) is 6.42 Å². The van der Waals surface area contributed by atoms with Crippen LogP contribution >= 0.6 is 12.2 Å². The lowest BCUT2D eigenvalue weighted by Gasteiger charge is -2.17. The first-order valence-corrected chi connectivity index (χ1v) is 14.2. The van der Waals surface area contributed by atoms with E-state index >= 15 is 4.39 Å². The average Bonchev–Trinajstić information content (AvgIpc) is 2.97. The number of hydrogen-bond acceptors (Lipinski definition) is 5. The van der Waals surface area contributed by atoms with E-state index in [2.05, 4.69) is 0 Å². The summed E-state index contributed by atoms with van der Waals surface area (Å²) < 4.78 is 31.0. The summed E-state index contributed by atoms with van der Waals surface area (Å²) in [5, 5.41) is 21.7.